The maximum absolute atomic E-state index is 12.2. The summed E-state index contributed by atoms with van der Waals surface area (Å²) < 4.78 is 5.67. The van der Waals surface area contributed by atoms with Crippen LogP contribution in [0.2, 0.25) is 0 Å². The summed E-state index contributed by atoms with van der Waals surface area (Å²) in [7, 11) is 0. The molecule has 2 N–H and O–H groups in total. The summed E-state index contributed by atoms with van der Waals surface area (Å²) in [6.07, 6.45) is 4.41. The van der Waals surface area contributed by atoms with E-state index in [4.69, 9.17) is 4.74 Å². The van der Waals surface area contributed by atoms with E-state index in [0.29, 0.717) is 6.54 Å². The lowest BCUT2D eigenvalue weighted by Crippen LogP contribution is -2.37. The number of aromatic nitrogens is 1. The van der Waals surface area contributed by atoms with Crippen LogP contribution in [0, 0.1) is 0 Å². The van der Waals surface area contributed by atoms with E-state index in [1.807, 2.05) is 57.2 Å². The number of hydrogen-bond donors (Lipinski definition) is 2. The van der Waals surface area contributed by atoms with Crippen LogP contribution >= 0.6 is 0 Å². The minimum Gasteiger partial charge on any atom is -0.491 e. The van der Waals surface area contributed by atoms with Crippen LogP contribution in [0.1, 0.15) is 44.4 Å². The normalized spacial score (nSPS) is 11.8. The van der Waals surface area contributed by atoms with Gasteiger partial charge in [-0.3, -0.25) is 4.98 Å². The fraction of sp³-hybridized carbons (Fsp3) is 0.368. The Labute approximate surface area is 143 Å². The molecule has 0 aliphatic carbocycles. The lowest BCUT2D eigenvalue weighted by molar-refractivity contribution is 0.235. The SMILES string of the molecule is CC[C@H](NC(=O)NCc1cccc(OC(C)C)c1)c1ccncc1. The van der Waals surface area contributed by atoms with Gasteiger partial charge in [0.05, 0.1) is 12.1 Å². The zero-order valence-electron chi connectivity index (χ0n) is 14.5. The van der Waals surface area contributed by atoms with E-state index < -0.39 is 0 Å². The zero-order valence-corrected chi connectivity index (χ0v) is 14.5. The van der Waals surface area contributed by atoms with Crippen molar-refractivity contribution in [3.63, 3.8) is 0 Å². The van der Waals surface area contributed by atoms with Crippen LogP contribution in [0.4, 0.5) is 4.79 Å². The number of hydrogen-bond acceptors (Lipinski definition) is 3. The van der Waals surface area contributed by atoms with Crippen molar-refractivity contribution < 1.29 is 9.53 Å². The summed E-state index contributed by atoms with van der Waals surface area (Å²) in [5, 5.41) is 5.88. The lowest BCUT2D eigenvalue weighted by Gasteiger charge is -2.18. The second-order valence-corrected chi connectivity index (χ2v) is 5.88. The molecule has 0 spiro atoms. The highest BCUT2D eigenvalue weighted by Gasteiger charge is 2.12. The number of urea groups is 1. The fourth-order valence-corrected chi connectivity index (χ4v) is 2.41. The number of ether oxygens (including phenoxy) is 1. The molecule has 5 heteroatoms. The van der Waals surface area contributed by atoms with Crippen molar-refractivity contribution in [2.75, 3.05) is 0 Å². The number of amides is 2. The Hall–Kier alpha value is -2.56. The smallest absolute Gasteiger partial charge is 0.315 e. The molecular weight excluding hydrogens is 302 g/mol. The van der Waals surface area contributed by atoms with Crippen LogP contribution in [0.3, 0.4) is 0 Å². The van der Waals surface area contributed by atoms with Gasteiger partial charge >= 0.3 is 6.03 Å². The van der Waals surface area contributed by atoms with Gasteiger partial charge in [-0.15, -0.1) is 0 Å². The molecule has 0 fully saturated rings. The Morgan fingerprint density at radius 2 is 1.96 bits per heavy atom. The molecule has 1 aromatic carbocycles. The van der Waals surface area contributed by atoms with E-state index in [-0.39, 0.29) is 18.2 Å². The van der Waals surface area contributed by atoms with Crippen molar-refractivity contribution in [2.24, 2.45) is 0 Å². The van der Waals surface area contributed by atoms with Crippen LogP contribution in [-0.2, 0) is 6.54 Å². The minimum atomic E-state index is -0.186. The molecular formula is C19H25N3O2. The molecule has 24 heavy (non-hydrogen) atoms. The first-order chi connectivity index (χ1) is 11.6. The summed E-state index contributed by atoms with van der Waals surface area (Å²) in [4.78, 5) is 16.2. The first kappa shape index (κ1) is 17.8. The number of carbonyl (C=O) groups is 1. The van der Waals surface area contributed by atoms with E-state index in [1.165, 1.54) is 0 Å². The molecule has 0 saturated carbocycles. The number of rotatable bonds is 7. The van der Waals surface area contributed by atoms with Gasteiger partial charge in [-0.2, -0.15) is 0 Å². The number of nitrogens with one attached hydrogen (secondary N) is 2. The lowest BCUT2D eigenvalue weighted by atomic mass is 10.1. The zero-order chi connectivity index (χ0) is 17.4. The maximum Gasteiger partial charge on any atom is 0.315 e. The summed E-state index contributed by atoms with van der Waals surface area (Å²) in [6, 6.07) is 11.4. The van der Waals surface area contributed by atoms with E-state index in [9.17, 15) is 4.79 Å². The van der Waals surface area contributed by atoms with Crippen LogP contribution in [0.25, 0.3) is 0 Å². The highest BCUT2D eigenvalue weighted by molar-refractivity contribution is 5.74. The Kier molecular flexibility index (Phi) is 6.61. The van der Waals surface area contributed by atoms with E-state index in [0.717, 1.165) is 23.3 Å². The van der Waals surface area contributed by atoms with Gasteiger partial charge in [-0.05, 0) is 55.7 Å². The quantitative estimate of drug-likeness (QED) is 0.812. The highest BCUT2D eigenvalue weighted by Crippen LogP contribution is 2.16. The number of pyridine rings is 1. The molecule has 1 heterocycles. The number of benzene rings is 1. The molecule has 0 aliphatic heterocycles. The molecule has 1 atom stereocenters. The summed E-state index contributed by atoms with van der Waals surface area (Å²) in [5.74, 6) is 0.813. The summed E-state index contributed by atoms with van der Waals surface area (Å²) in [6.45, 7) is 6.47. The van der Waals surface area contributed by atoms with Crippen molar-refractivity contribution in [3.05, 3.63) is 59.9 Å². The molecule has 2 amide bonds. The van der Waals surface area contributed by atoms with Crippen LogP contribution in [0.5, 0.6) is 5.75 Å². The van der Waals surface area contributed by atoms with Gasteiger partial charge in [0, 0.05) is 18.9 Å². The third kappa shape index (κ3) is 5.57. The third-order valence-electron chi connectivity index (χ3n) is 3.55. The highest BCUT2D eigenvalue weighted by atomic mass is 16.5. The number of carbonyl (C=O) groups excluding carboxylic acids is 1. The molecule has 2 rings (SSSR count). The van der Waals surface area contributed by atoms with E-state index in [1.54, 1.807) is 12.4 Å². The standard InChI is InChI=1S/C19H25N3O2/c1-4-18(16-8-10-20-11-9-16)22-19(23)21-13-15-6-5-7-17(12-15)24-14(2)3/h5-12,14,18H,4,13H2,1-3H3,(H2,21,22,23)/t18-/m0/s1. The van der Waals surface area contributed by atoms with Gasteiger partial charge in [0.1, 0.15) is 5.75 Å². The first-order valence-corrected chi connectivity index (χ1v) is 8.28. The third-order valence-corrected chi connectivity index (χ3v) is 3.55. The van der Waals surface area contributed by atoms with E-state index in [2.05, 4.69) is 15.6 Å². The molecule has 0 bridgehead atoms. The van der Waals surface area contributed by atoms with E-state index >= 15 is 0 Å². The average Bonchev–Trinajstić information content (AvgIpc) is 2.58. The van der Waals surface area contributed by atoms with Crippen molar-refractivity contribution in [2.45, 2.75) is 45.9 Å². The Morgan fingerprint density at radius 1 is 1.21 bits per heavy atom. The van der Waals surface area contributed by atoms with Crippen molar-refractivity contribution in [1.82, 2.24) is 15.6 Å². The van der Waals surface area contributed by atoms with Gasteiger partial charge in [-0.25, -0.2) is 4.79 Å². The average molecular weight is 327 g/mol. The second kappa shape index (κ2) is 8.91. The van der Waals surface area contributed by atoms with Crippen LogP contribution in [0.15, 0.2) is 48.8 Å². The summed E-state index contributed by atoms with van der Waals surface area (Å²) >= 11 is 0. The molecule has 0 radical (unpaired) electrons. The molecule has 0 aliphatic rings. The Balaban J connectivity index is 1.88. The Bertz CT molecular complexity index is 644. The predicted molar refractivity (Wildman–Crippen MR) is 94.8 cm³/mol. The van der Waals surface area contributed by atoms with Gasteiger partial charge in [-0.1, -0.05) is 19.1 Å². The monoisotopic (exact) mass is 327 g/mol. The van der Waals surface area contributed by atoms with Gasteiger partial charge in [0.25, 0.3) is 0 Å². The van der Waals surface area contributed by atoms with Crippen molar-refractivity contribution >= 4 is 6.03 Å². The molecule has 0 unspecified atom stereocenters. The van der Waals surface area contributed by atoms with Crippen LogP contribution < -0.4 is 15.4 Å². The fourth-order valence-electron chi connectivity index (χ4n) is 2.41. The van der Waals surface area contributed by atoms with Crippen LogP contribution in [-0.4, -0.2) is 17.1 Å². The minimum absolute atomic E-state index is 0.0244. The molecule has 1 aromatic heterocycles. The molecule has 128 valence electrons. The molecule has 2 aromatic rings. The van der Waals surface area contributed by atoms with Gasteiger partial charge in [0.2, 0.25) is 0 Å². The second-order valence-electron chi connectivity index (χ2n) is 5.88. The Morgan fingerprint density at radius 3 is 2.62 bits per heavy atom. The van der Waals surface area contributed by atoms with Crippen molar-refractivity contribution in [1.29, 1.82) is 0 Å². The van der Waals surface area contributed by atoms with Crippen molar-refractivity contribution in [3.8, 4) is 5.75 Å². The number of nitrogens with zero attached hydrogens (tertiary/aromatic N) is 1. The molecule has 5 nitrogen and oxygen atoms in total. The molecule has 0 saturated heterocycles. The largest absolute Gasteiger partial charge is 0.491 e. The van der Waals surface area contributed by atoms with Gasteiger partial charge in [0.15, 0.2) is 0 Å². The summed E-state index contributed by atoms with van der Waals surface area (Å²) in [5.41, 5.74) is 2.05. The first-order valence-electron chi connectivity index (χ1n) is 8.28. The topological polar surface area (TPSA) is 63.2 Å². The maximum atomic E-state index is 12.2. The predicted octanol–water partition coefficient (Wildman–Crippen LogP) is 3.82. The van der Waals surface area contributed by atoms with Gasteiger partial charge < -0.3 is 15.4 Å².